The maximum absolute atomic E-state index is 12.8. The maximum atomic E-state index is 12.8. The summed E-state index contributed by atoms with van der Waals surface area (Å²) in [5.74, 6) is -0.574. The Kier molecular flexibility index (Phi) is 6.67. The van der Waals surface area contributed by atoms with Gasteiger partial charge in [-0.2, -0.15) is 0 Å². The summed E-state index contributed by atoms with van der Waals surface area (Å²) in [4.78, 5) is 44.2. The van der Waals surface area contributed by atoms with Gasteiger partial charge in [-0.25, -0.2) is 4.98 Å². The number of nitrogens with one attached hydrogen (secondary N) is 3. The van der Waals surface area contributed by atoms with E-state index < -0.39 is 5.97 Å². The Morgan fingerprint density at radius 1 is 0.973 bits per heavy atom. The number of aromatic nitrogens is 3. The average Bonchev–Trinajstić information content (AvgIpc) is 3.31. The van der Waals surface area contributed by atoms with Gasteiger partial charge in [-0.15, -0.1) is 0 Å². The van der Waals surface area contributed by atoms with Gasteiger partial charge in [-0.05, 0) is 47.9 Å². The molecule has 5 aromatic rings. The first-order valence-corrected chi connectivity index (χ1v) is 11.9. The minimum atomic E-state index is -0.925. The number of para-hydroxylation sites is 3. The molecular weight excluding hydrogens is 470 g/mol. The molecule has 2 heterocycles. The van der Waals surface area contributed by atoms with Crippen LogP contribution < -0.4 is 16.2 Å². The number of carboxylic acids is 1. The molecule has 37 heavy (non-hydrogen) atoms. The summed E-state index contributed by atoms with van der Waals surface area (Å²) in [5.41, 5.74) is 4.52. The van der Waals surface area contributed by atoms with Crippen LogP contribution in [0, 0.1) is 0 Å². The van der Waals surface area contributed by atoms with E-state index in [2.05, 4.69) is 20.6 Å². The largest absolute Gasteiger partial charge is 0.481 e. The molecule has 0 saturated heterocycles. The number of nitrogens with zero attached hydrogens (tertiary/aromatic N) is 2. The number of aromatic amines is 1. The maximum Gasteiger partial charge on any atom is 0.303 e. The predicted octanol–water partition coefficient (Wildman–Crippen LogP) is 3.96. The molecule has 0 spiro atoms. The summed E-state index contributed by atoms with van der Waals surface area (Å²) in [6, 6.07) is 24.1. The van der Waals surface area contributed by atoms with Crippen molar-refractivity contribution < 1.29 is 14.7 Å². The third-order valence-corrected chi connectivity index (χ3v) is 6.11. The van der Waals surface area contributed by atoms with Gasteiger partial charge in [-0.1, -0.05) is 42.5 Å². The number of hydrogen-bond donors (Lipinski definition) is 4. The topological polar surface area (TPSA) is 129 Å². The molecule has 0 aliphatic heterocycles. The van der Waals surface area contributed by atoms with Gasteiger partial charge < -0.3 is 20.7 Å². The minimum absolute atomic E-state index is 0.0689. The van der Waals surface area contributed by atoms with E-state index in [-0.39, 0.29) is 30.9 Å². The zero-order valence-corrected chi connectivity index (χ0v) is 19.9. The summed E-state index contributed by atoms with van der Waals surface area (Å²) in [6.45, 7) is 0.178. The van der Waals surface area contributed by atoms with Crippen molar-refractivity contribution in [2.24, 2.45) is 0 Å². The fourth-order valence-corrected chi connectivity index (χ4v) is 4.27. The van der Waals surface area contributed by atoms with Crippen molar-refractivity contribution in [3.63, 3.8) is 0 Å². The van der Waals surface area contributed by atoms with Crippen LogP contribution >= 0.6 is 0 Å². The van der Waals surface area contributed by atoms with Crippen LogP contribution in [-0.4, -0.2) is 31.5 Å². The van der Waals surface area contributed by atoms with Crippen molar-refractivity contribution in [3.8, 4) is 0 Å². The molecule has 0 aliphatic rings. The molecule has 9 nitrogen and oxygen atoms in total. The van der Waals surface area contributed by atoms with Crippen LogP contribution in [0.5, 0.6) is 0 Å². The van der Waals surface area contributed by atoms with E-state index in [9.17, 15) is 14.4 Å². The van der Waals surface area contributed by atoms with E-state index in [1.165, 1.54) is 10.6 Å². The SMILES string of the molecule is O=C(O)CCc1cc(=O)n(CC(=O)NCc2ccc(Nc3nc4ccccc4[nH]3)cc2)c2ccccc12. The van der Waals surface area contributed by atoms with E-state index in [4.69, 9.17) is 5.11 Å². The Morgan fingerprint density at radius 3 is 2.51 bits per heavy atom. The van der Waals surface area contributed by atoms with Gasteiger partial charge in [0.15, 0.2) is 0 Å². The number of imidazole rings is 1. The van der Waals surface area contributed by atoms with Crippen LogP contribution in [0.2, 0.25) is 0 Å². The van der Waals surface area contributed by atoms with Crippen molar-refractivity contribution in [3.05, 3.63) is 100 Å². The third-order valence-electron chi connectivity index (χ3n) is 6.11. The molecule has 3 aromatic carbocycles. The Balaban J connectivity index is 1.23. The molecule has 0 bridgehead atoms. The molecule has 0 fully saturated rings. The van der Waals surface area contributed by atoms with Crippen LogP contribution in [0.25, 0.3) is 21.9 Å². The van der Waals surface area contributed by atoms with E-state index >= 15 is 0 Å². The minimum Gasteiger partial charge on any atom is -0.481 e. The van der Waals surface area contributed by atoms with Crippen LogP contribution in [0.1, 0.15) is 17.5 Å². The molecule has 0 aliphatic carbocycles. The summed E-state index contributed by atoms with van der Waals surface area (Å²) in [6.07, 6.45) is 0.180. The van der Waals surface area contributed by atoms with E-state index in [0.717, 1.165) is 27.7 Å². The fraction of sp³-hybridized carbons (Fsp3) is 0.143. The lowest BCUT2D eigenvalue weighted by Gasteiger charge is -2.13. The highest BCUT2D eigenvalue weighted by atomic mass is 16.4. The monoisotopic (exact) mass is 495 g/mol. The first-order valence-electron chi connectivity index (χ1n) is 11.9. The number of anilines is 2. The van der Waals surface area contributed by atoms with Gasteiger partial charge >= 0.3 is 5.97 Å². The number of rotatable bonds is 9. The Labute approximate surface area is 211 Å². The van der Waals surface area contributed by atoms with Gasteiger partial charge in [-0.3, -0.25) is 19.0 Å². The number of fused-ring (bicyclic) bond motifs is 2. The normalized spacial score (nSPS) is 11.0. The van der Waals surface area contributed by atoms with Crippen molar-refractivity contribution in [2.75, 3.05) is 5.32 Å². The number of aliphatic carboxylic acids is 1. The first-order chi connectivity index (χ1) is 18.0. The lowest BCUT2D eigenvalue weighted by atomic mass is 10.0. The molecule has 5 rings (SSSR count). The second-order valence-electron chi connectivity index (χ2n) is 8.71. The Morgan fingerprint density at radius 2 is 1.73 bits per heavy atom. The molecule has 0 radical (unpaired) electrons. The van der Waals surface area contributed by atoms with E-state index in [1.807, 2.05) is 60.7 Å². The lowest BCUT2D eigenvalue weighted by Crippen LogP contribution is -2.32. The highest BCUT2D eigenvalue weighted by molar-refractivity contribution is 5.85. The van der Waals surface area contributed by atoms with Crippen LogP contribution in [-0.2, 0) is 29.1 Å². The van der Waals surface area contributed by atoms with Gasteiger partial charge in [0.25, 0.3) is 5.56 Å². The van der Waals surface area contributed by atoms with Crippen LogP contribution in [0.3, 0.4) is 0 Å². The molecule has 4 N–H and O–H groups in total. The Hall–Kier alpha value is -4.92. The van der Waals surface area contributed by atoms with Gasteiger partial charge in [0.2, 0.25) is 11.9 Å². The number of carbonyl (C=O) groups is 2. The number of carboxylic acid groups (broad SMARTS) is 1. The summed E-state index contributed by atoms with van der Waals surface area (Å²) in [7, 11) is 0. The number of carbonyl (C=O) groups excluding carboxylic acids is 1. The Bertz CT molecular complexity index is 1620. The predicted molar refractivity (Wildman–Crippen MR) is 142 cm³/mol. The number of H-pyrrole nitrogens is 1. The molecule has 0 saturated carbocycles. The molecule has 186 valence electrons. The summed E-state index contributed by atoms with van der Waals surface area (Å²) in [5, 5.41) is 15.9. The standard InChI is InChI=1S/C28H25N5O4/c34-25(17-33-24-8-4-1-5-21(24)19(15-26(33)35)11-14-27(36)37)29-16-18-9-12-20(13-10-18)30-28-31-22-6-2-3-7-23(22)32-28/h1-10,12-13,15H,11,14,16-17H2,(H,29,34)(H,36,37)(H2,30,31,32). The van der Waals surface area contributed by atoms with Crippen molar-refractivity contribution in [1.29, 1.82) is 0 Å². The zero-order valence-electron chi connectivity index (χ0n) is 19.9. The molecule has 0 atom stereocenters. The van der Waals surface area contributed by atoms with Gasteiger partial charge in [0.05, 0.1) is 16.6 Å². The average molecular weight is 496 g/mol. The van der Waals surface area contributed by atoms with Gasteiger partial charge in [0, 0.05) is 30.1 Å². The second kappa shape index (κ2) is 10.4. The quantitative estimate of drug-likeness (QED) is 0.245. The first kappa shape index (κ1) is 23.8. The number of benzene rings is 3. The smallest absolute Gasteiger partial charge is 0.303 e. The number of amides is 1. The van der Waals surface area contributed by atoms with Crippen molar-refractivity contribution >= 4 is 45.4 Å². The second-order valence-corrected chi connectivity index (χ2v) is 8.71. The number of hydrogen-bond acceptors (Lipinski definition) is 5. The van der Waals surface area contributed by atoms with Crippen LogP contribution in [0.4, 0.5) is 11.6 Å². The highest BCUT2D eigenvalue weighted by Crippen LogP contribution is 2.20. The van der Waals surface area contributed by atoms with Crippen LogP contribution in [0.15, 0.2) is 83.7 Å². The molecule has 0 unspecified atom stereocenters. The van der Waals surface area contributed by atoms with E-state index in [1.54, 1.807) is 12.1 Å². The molecule has 1 amide bonds. The summed E-state index contributed by atoms with van der Waals surface area (Å²) >= 11 is 0. The number of aryl methyl sites for hydroxylation is 1. The molecular formula is C28H25N5O4. The highest BCUT2D eigenvalue weighted by Gasteiger charge is 2.13. The fourth-order valence-electron chi connectivity index (χ4n) is 4.27. The lowest BCUT2D eigenvalue weighted by molar-refractivity contribution is -0.137. The summed E-state index contributed by atoms with van der Waals surface area (Å²) < 4.78 is 1.41. The van der Waals surface area contributed by atoms with Gasteiger partial charge in [0.1, 0.15) is 6.54 Å². The molecule has 9 heteroatoms. The van der Waals surface area contributed by atoms with Crippen molar-refractivity contribution in [1.82, 2.24) is 19.9 Å². The zero-order chi connectivity index (χ0) is 25.8. The number of pyridine rings is 1. The molecule has 2 aromatic heterocycles. The van der Waals surface area contributed by atoms with Crippen molar-refractivity contribution in [2.45, 2.75) is 25.9 Å². The van der Waals surface area contributed by atoms with E-state index in [0.29, 0.717) is 23.6 Å². The third kappa shape index (κ3) is 5.51.